The van der Waals surface area contributed by atoms with Crippen molar-refractivity contribution in [2.75, 3.05) is 37.6 Å². The van der Waals surface area contributed by atoms with Gasteiger partial charge in [-0.25, -0.2) is 9.67 Å². The standard InChI is InChI=1S/C23H28ClN5O.3ClH/c1-18-8-9-25-22(16-18)27-14-12-26(13-15-27)10-3-11-28-23(30)17-19(2)29(28)21-6-4-20(24)5-7-21;;;/h4-9,16-17H,3,10-15H2,1-2H3;3*1H. The number of piperazine rings is 1. The Morgan fingerprint density at radius 3 is 2.21 bits per heavy atom. The zero-order valence-corrected chi connectivity index (χ0v) is 22.0. The first-order valence-electron chi connectivity index (χ1n) is 10.5. The van der Waals surface area contributed by atoms with Crippen LogP contribution in [0.3, 0.4) is 0 Å². The Bertz CT molecular complexity index is 1060. The van der Waals surface area contributed by atoms with Crippen LogP contribution in [0.25, 0.3) is 5.69 Å². The highest BCUT2D eigenvalue weighted by Gasteiger charge is 2.18. The first-order chi connectivity index (χ1) is 14.5. The lowest BCUT2D eigenvalue weighted by molar-refractivity contribution is 0.247. The number of nitrogens with zero attached hydrogens (tertiary/aromatic N) is 5. The molecule has 3 aromatic rings. The molecular formula is C23H31Cl4N5O. The molecule has 2 aromatic heterocycles. The van der Waals surface area contributed by atoms with Gasteiger partial charge < -0.3 is 4.90 Å². The van der Waals surface area contributed by atoms with Crippen LogP contribution in [0.15, 0.2) is 53.5 Å². The molecule has 0 aliphatic carbocycles. The molecule has 1 aliphatic rings. The van der Waals surface area contributed by atoms with Crippen LogP contribution in [0.1, 0.15) is 17.7 Å². The van der Waals surface area contributed by atoms with Gasteiger partial charge in [0.25, 0.3) is 5.56 Å². The van der Waals surface area contributed by atoms with E-state index in [2.05, 4.69) is 27.8 Å². The van der Waals surface area contributed by atoms with Crippen LogP contribution >= 0.6 is 48.8 Å². The highest BCUT2D eigenvalue weighted by molar-refractivity contribution is 6.30. The second kappa shape index (κ2) is 13.3. The predicted octanol–water partition coefficient (Wildman–Crippen LogP) is 4.78. The molecule has 10 heteroatoms. The fraction of sp³-hybridized carbons (Fsp3) is 0.391. The second-order valence-electron chi connectivity index (χ2n) is 7.91. The minimum atomic E-state index is 0. The zero-order valence-electron chi connectivity index (χ0n) is 18.8. The van der Waals surface area contributed by atoms with Crippen LogP contribution in [0.5, 0.6) is 0 Å². The highest BCUT2D eigenvalue weighted by atomic mass is 35.5. The van der Waals surface area contributed by atoms with Gasteiger partial charge in [0, 0.05) is 62.2 Å². The van der Waals surface area contributed by atoms with E-state index in [-0.39, 0.29) is 42.8 Å². The molecule has 0 saturated carbocycles. The summed E-state index contributed by atoms with van der Waals surface area (Å²) in [6.07, 6.45) is 2.81. The first-order valence-corrected chi connectivity index (χ1v) is 10.8. The van der Waals surface area contributed by atoms with E-state index in [0.29, 0.717) is 11.6 Å². The number of aromatic nitrogens is 3. The van der Waals surface area contributed by atoms with Crippen molar-refractivity contribution in [1.82, 2.24) is 19.2 Å². The molecule has 3 heterocycles. The van der Waals surface area contributed by atoms with Gasteiger partial charge in [0.1, 0.15) is 5.82 Å². The third kappa shape index (κ3) is 7.14. The lowest BCUT2D eigenvalue weighted by atomic mass is 10.2. The number of hydrogen-bond donors (Lipinski definition) is 0. The monoisotopic (exact) mass is 533 g/mol. The van der Waals surface area contributed by atoms with Gasteiger partial charge in [-0.1, -0.05) is 11.6 Å². The van der Waals surface area contributed by atoms with E-state index >= 15 is 0 Å². The molecule has 1 fully saturated rings. The fourth-order valence-electron chi connectivity index (χ4n) is 4.08. The van der Waals surface area contributed by atoms with Crippen LogP contribution in [0.2, 0.25) is 5.02 Å². The molecular weight excluding hydrogens is 504 g/mol. The number of hydrogen-bond acceptors (Lipinski definition) is 4. The van der Waals surface area contributed by atoms with Crippen molar-refractivity contribution in [3.8, 4) is 5.69 Å². The lowest BCUT2D eigenvalue weighted by Gasteiger charge is -2.35. The molecule has 0 radical (unpaired) electrons. The van der Waals surface area contributed by atoms with Crippen LogP contribution in [0, 0.1) is 13.8 Å². The molecule has 1 aromatic carbocycles. The molecule has 4 rings (SSSR count). The molecule has 1 aliphatic heterocycles. The van der Waals surface area contributed by atoms with Gasteiger partial charge in [-0.3, -0.25) is 14.4 Å². The number of aryl methyl sites for hydroxylation is 2. The highest BCUT2D eigenvalue weighted by Crippen LogP contribution is 2.16. The van der Waals surface area contributed by atoms with E-state index in [1.807, 2.05) is 52.8 Å². The van der Waals surface area contributed by atoms with E-state index in [1.54, 1.807) is 6.07 Å². The van der Waals surface area contributed by atoms with E-state index in [9.17, 15) is 4.79 Å². The minimum Gasteiger partial charge on any atom is -0.354 e. The van der Waals surface area contributed by atoms with E-state index in [0.717, 1.165) is 56.3 Å². The van der Waals surface area contributed by atoms with Crippen LogP contribution in [-0.2, 0) is 6.54 Å². The van der Waals surface area contributed by atoms with Crippen LogP contribution < -0.4 is 10.5 Å². The summed E-state index contributed by atoms with van der Waals surface area (Å²) in [5.74, 6) is 1.07. The molecule has 0 spiro atoms. The number of benzene rings is 1. The Labute approximate surface area is 218 Å². The number of anilines is 1. The Kier molecular flexibility index (Phi) is 11.8. The van der Waals surface area contributed by atoms with Gasteiger partial charge in [-0.15, -0.1) is 37.2 Å². The number of pyridine rings is 1. The van der Waals surface area contributed by atoms with Crippen LogP contribution in [0.4, 0.5) is 5.82 Å². The largest absolute Gasteiger partial charge is 0.354 e. The van der Waals surface area contributed by atoms with Crippen molar-refractivity contribution >= 4 is 54.6 Å². The Balaban J connectivity index is 0.00000181. The van der Waals surface area contributed by atoms with Crippen molar-refractivity contribution in [2.45, 2.75) is 26.8 Å². The lowest BCUT2D eigenvalue weighted by Crippen LogP contribution is -2.47. The molecule has 6 nitrogen and oxygen atoms in total. The zero-order chi connectivity index (χ0) is 21.1. The maximum absolute atomic E-state index is 12.5. The summed E-state index contributed by atoms with van der Waals surface area (Å²) in [6.45, 7) is 9.73. The molecule has 1 saturated heterocycles. The average molecular weight is 535 g/mol. The van der Waals surface area contributed by atoms with Gasteiger partial charge >= 0.3 is 0 Å². The van der Waals surface area contributed by atoms with Gasteiger partial charge in [0.05, 0.1) is 5.69 Å². The molecule has 0 N–H and O–H groups in total. The van der Waals surface area contributed by atoms with Gasteiger partial charge in [0.15, 0.2) is 0 Å². The van der Waals surface area contributed by atoms with E-state index in [1.165, 1.54) is 5.56 Å². The third-order valence-corrected chi connectivity index (χ3v) is 5.93. The summed E-state index contributed by atoms with van der Waals surface area (Å²) in [4.78, 5) is 21.8. The second-order valence-corrected chi connectivity index (χ2v) is 8.35. The molecule has 0 amide bonds. The summed E-state index contributed by atoms with van der Waals surface area (Å²) in [5.41, 5.74) is 3.17. The molecule has 0 atom stereocenters. The fourth-order valence-corrected chi connectivity index (χ4v) is 4.20. The van der Waals surface area contributed by atoms with Crippen molar-refractivity contribution < 1.29 is 0 Å². The first kappa shape index (κ1) is 29.3. The molecule has 0 bridgehead atoms. The summed E-state index contributed by atoms with van der Waals surface area (Å²) in [7, 11) is 0. The maximum atomic E-state index is 12.5. The average Bonchev–Trinajstić information content (AvgIpc) is 3.02. The van der Waals surface area contributed by atoms with Gasteiger partial charge in [-0.2, -0.15) is 0 Å². The Morgan fingerprint density at radius 1 is 0.909 bits per heavy atom. The van der Waals surface area contributed by atoms with Crippen molar-refractivity contribution in [2.24, 2.45) is 0 Å². The third-order valence-electron chi connectivity index (χ3n) is 5.68. The van der Waals surface area contributed by atoms with Crippen molar-refractivity contribution in [3.63, 3.8) is 0 Å². The summed E-state index contributed by atoms with van der Waals surface area (Å²) in [6, 6.07) is 13.5. The van der Waals surface area contributed by atoms with Crippen LogP contribution in [-0.4, -0.2) is 52.0 Å². The van der Waals surface area contributed by atoms with Gasteiger partial charge in [-0.05, 0) is 62.2 Å². The van der Waals surface area contributed by atoms with Crippen molar-refractivity contribution in [3.05, 3.63) is 75.3 Å². The van der Waals surface area contributed by atoms with Gasteiger partial charge in [0.2, 0.25) is 0 Å². The SMILES string of the molecule is Cc1ccnc(N2CCN(CCCn3c(=O)cc(C)n3-c3ccc(Cl)cc3)CC2)c1.Cl.Cl.Cl. The molecule has 0 unspecified atom stereocenters. The smallest absolute Gasteiger partial charge is 0.267 e. The van der Waals surface area contributed by atoms with Crippen molar-refractivity contribution in [1.29, 1.82) is 0 Å². The normalized spacial score (nSPS) is 13.6. The topological polar surface area (TPSA) is 46.3 Å². The minimum absolute atomic E-state index is 0. The Hall–Kier alpha value is -1.70. The molecule has 182 valence electrons. The summed E-state index contributed by atoms with van der Waals surface area (Å²) >= 11 is 6.02. The number of halogens is 4. The molecule has 33 heavy (non-hydrogen) atoms. The van der Waals surface area contributed by atoms with E-state index in [4.69, 9.17) is 11.6 Å². The Morgan fingerprint density at radius 2 is 1.58 bits per heavy atom. The number of rotatable bonds is 6. The van der Waals surface area contributed by atoms with E-state index < -0.39 is 0 Å². The predicted molar refractivity (Wildman–Crippen MR) is 144 cm³/mol. The quantitative estimate of drug-likeness (QED) is 0.456. The summed E-state index contributed by atoms with van der Waals surface area (Å²) in [5, 5.41) is 0.692. The summed E-state index contributed by atoms with van der Waals surface area (Å²) < 4.78 is 3.81. The maximum Gasteiger partial charge on any atom is 0.267 e.